The molecule has 9 heteroatoms. The number of rotatable bonds is 14. The summed E-state index contributed by atoms with van der Waals surface area (Å²) < 4.78 is 26.2. The maximum atomic E-state index is 12.4. The molecule has 7 nitrogen and oxygen atoms in total. The minimum Gasteiger partial charge on any atom is -0.375 e. The summed E-state index contributed by atoms with van der Waals surface area (Å²) in [6.07, 6.45) is 4.08. The van der Waals surface area contributed by atoms with Gasteiger partial charge in [-0.1, -0.05) is 19.1 Å². The van der Waals surface area contributed by atoms with Crippen LogP contribution in [0.5, 0.6) is 0 Å². The van der Waals surface area contributed by atoms with Crippen molar-refractivity contribution in [2.45, 2.75) is 103 Å². The Kier molecular flexibility index (Phi) is 9.97. The number of nitrogens with zero attached hydrogens (tertiary/aromatic N) is 3. The van der Waals surface area contributed by atoms with E-state index in [-0.39, 0.29) is 10.3 Å². The highest BCUT2D eigenvalue weighted by atomic mass is 32.1. The van der Waals surface area contributed by atoms with Crippen molar-refractivity contribution in [3.05, 3.63) is 11.9 Å². The molecule has 0 aliphatic heterocycles. The fourth-order valence-corrected chi connectivity index (χ4v) is 2.92. The van der Waals surface area contributed by atoms with Crippen LogP contribution in [0.15, 0.2) is 6.20 Å². The molecule has 0 unspecified atom stereocenters. The van der Waals surface area contributed by atoms with E-state index in [1.165, 1.54) is 0 Å². The number of aryl methyl sites for hydroxylation is 1. The van der Waals surface area contributed by atoms with E-state index in [9.17, 15) is 9.18 Å². The van der Waals surface area contributed by atoms with Gasteiger partial charge in [0.2, 0.25) is 0 Å². The first-order valence-electron chi connectivity index (χ1n) is 10.8. The lowest BCUT2D eigenvalue weighted by Gasteiger charge is -2.30. The summed E-state index contributed by atoms with van der Waals surface area (Å²) in [7, 11) is 0. The Labute approximate surface area is 192 Å². The number of hydrogen-bond acceptors (Lipinski definition) is 6. The van der Waals surface area contributed by atoms with Crippen LogP contribution in [0, 0.1) is 0 Å². The third-order valence-corrected chi connectivity index (χ3v) is 5.32. The van der Waals surface area contributed by atoms with Gasteiger partial charge in [-0.15, -0.1) is 5.10 Å². The Morgan fingerprint density at radius 1 is 1.06 bits per heavy atom. The van der Waals surface area contributed by atoms with Gasteiger partial charge in [0, 0.05) is 30.0 Å². The number of halogens is 1. The first kappa shape index (κ1) is 27.8. The SMILES string of the molecule is CC(C)(S)CCOC(C)(C)c1cn(CCC(C)(C)OCCC(C)(C)NC(=O)CF)nn1. The molecule has 0 saturated heterocycles. The number of aromatic nitrogens is 3. The van der Waals surface area contributed by atoms with Crippen LogP contribution in [-0.2, 0) is 26.4 Å². The molecule has 0 aromatic carbocycles. The zero-order valence-electron chi connectivity index (χ0n) is 20.4. The van der Waals surface area contributed by atoms with Crippen LogP contribution in [0.2, 0.25) is 0 Å². The van der Waals surface area contributed by atoms with Crippen molar-refractivity contribution < 1.29 is 18.7 Å². The summed E-state index contributed by atoms with van der Waals surface area (Å²) in [5.41, 5.74) is -0.642. The van der Waals surface area contributed by atoms with Crippen LogP contribution in [-0.4, -0.2) is 56.7 Å². The van der Waals surface area contributed by atoms with Crippen LogP contribution in [0.25, 0.3) is 0 Å². The molecule has 1 aromatic heterocycles. The lowest BCUT2D eigenvalue weighted by Crippen LogP contribution is -2.45. The quantitative estimate of drug-likeness (QED) is 0.409. The molecule has 1 rings (SSSR count). The van der Waals surface area contributed by atoms with Gasteiger partial charge in [0.15, 0.2) is 6.67 Å². The molecule has 1 aromatic rings. The fourth-order valence-electron chi connectivity index (χ4n) is 2.83. The Bertz CT molecular complexity index is 699. The number of ether oxygens (including phenoxy) is 2. The number of carbonyl (C=O) groups is 1. The van der Waals surface area contributed by atoms with Gasteiger partial charge in [-0.3, -0.25) is 9.48 Å². The van der Waals surface area contributed by atoms with Crippen molar-refractivity contribution in [3.8, 4) is 0 Å². The largest absolute Gasteiger partial charge is 0.375 e. The number of alkyl halides is 1. The highest BCUT2D eigenvalue weighted by Crippen LogP contribution is 2.25. The van der Waals surface area contributed by atoms with E-state index in [1.807, 2.05) is 47.7 Å². The Morgan fingerprint density at radius 3 is 2.26 bits per heavy atom. The first-order valence-corrected chi connectivity index (χ1v) is 11.3. The van der Waals surface area contributed by atoms with E-state index < -0.39 is 23.7 Å². The van der Waals surface area contributed by atoms with Crippen LogP contribution >= 0.6 is 12.6 Å². The Hall–Kier alpha value is -1.19. The first-order chi connectivity index (χ1) is 14.1. The highest BCUT2D eigenvalue weighted by Gasteiger charge is 2.27. The van der Waals surface area contributed by atoms with Gasteiger partial charge in [-0.05, 0) is 60.8 Å². The standard InChI is InChI=1S/C22H41FN4O3S/c1-19(2,24-18(28)15-23)10-13-29-20(3,4)9-12-27-16-17(25-26-27)22(7,8)30-14-11-21(5,6)31/h16,31H,9-15H2,1-8H3,(H,24,28). The summed E-state index contributed by atoms with van der Waals surface area (Å²) in [6, 6.07) is 0. The van der Waals surface area contributed by atoms with Gasteiger partial charge < -0.3 is 14.8 Å². The number of hydrogen-bond donors (Lipinski definition) is 2. The molecule has 0 saturated carbocycles. The molecule has 31 heavy (non-hydrogen) atoms. The molecule has 1 amide bonds. The second-order valence-corrected chi connectivity index (χ2v) is 11.7. The predicted molar refractivity (Wildman–Crippen MR) is 124 cm³/mol. The Morgan fingerprint density at radius 2 is 1.68 bits per heavy atom. The summed E-state index contributed by atoms with van der Waals surface area (Å²) >= 11 is 4.53. The highest BCUT2D eigenvalue weighted by molar-refractivity contribution is 7.81. The fraction of sp³-hybridized carbons (Fsp3) is 0.864. The second-order valence-electron chi connectivity index (χ2n) is 10.5. The summed E-state index contributed by atoms with van der Waals surface area (Å²) in [5.74, 6) is -0.604. The number of amides is 1. The van der Waals surface area contributed by atoms with E-state index >= 15 is 0 Å². The minimum absolute atomic E-state index is 0.0761. The van der Waals surface area contributed by atoms with Crippen molar-refractivity contribution in [1.82, 2.24) is 20.3 Å². The smallest absolute Gasteiger partial charge is 0.251 e. The number of thiol groups is 1. The topological polar surface area (TPSA) is 78.3 Å². The summed E-state index contributed by atoms with van der Waals surface area (Å²) in [5, 5.41) is 11.2. The molecule has 180 valence electrons. The van der Waals surface area contributed by atoms with E-state index in [2.05, 4.69) is 42.1 Å². The van der Waals surface area contributed by atoms with Crippen LogP contribution in [0.4, 0.5) is 4.39 Å². The lowest BCUT2D eigenvalue weighted by molar-refractivity contribution is -0.123. The molecular weight excluding hydrogens is 419 g/mol. The monoisotopic (exact) mass is 460 g/mol. The number of nitrogens with one attached hydrogen (secondary N) is 1. The van der Waals surface area contributed by atoms with E-state index in [1.54, 1.807) is 4.68 Å². The van der Waals surface area contributed by atoms with Gasteiger partial charge in [-0.2, -0.15) is 12.6 Å². The van der Waals surface area contributed by atoms with Gasteiger partial charge >= 0.3 is 0 Å². The van der Waals surface area contributed by atoms with Gasteiger partial charge in [0.1, 0.15) is 11.3 Å². The van der Waals surface area contributed by atoms with Crippen LogP contribution in [0.3, 0.4) is 0 Å². The van der Waals surface area contributed by atoms with E-state index in [0.717, 1.165) is 18.5 Å². The molecule has 0 bridgehead atoms. The normalized spacial score (nSPS) is 13.5. The second kappa shape index (κ2) is 11.1. The molecule has 0 spiro atoms. The molecular formula is C22H41FN4O3S. The maximum absolute atomic E-state index is 12.4. The van der Waals surface area contributed by atoms with Crippen LogP contribution in [0.1, 0.15) is 80.3 Å². The Balaban J connectivity index is 2.50. The molecule has 0 fully saturated rings. The van der Waals surface area contributed by atoms with Crippen LogP contribution < -0.4 is 5.32 Å². The van der Waals surface area contributed by atoms with Crippen molar-refractivity contribution in [2.75, 3.05) is 19.9 Å². The molecule has 1 N–H and O–H groups in total. The van der Waals surface area contributed by atoms with Gasteiger partial charge in [0.25, 0.3) is 5.91 Å². The average molecular weight is 461 g/mol. The van der Waals surface area contributed by atoms with Gasteiger partial charge in [-0.25, -0.2) is 4.39 Å². The third-order valence-electron chi connectivity index (χ3n) is 5.09. The summed E-state index contributed by atoms with van der Waals surface area (Å²) in [6.45, 7) is 16.6. The molecule has 0 atom stereocenters. The zero-order valence-corrected chi connectivity index (χ0v) is 21.3. The minimum atomic E-state index is -1.01. The summed E-state index contributed by atoms with van der Waals surface area (Å²) in [4.78, 5) is 11.3. The van der Waals surface area contributed by atoms with E-state index in [4.69, 9.17) is 9.47 Å². The van der Waals surface area contributed by atoms with E-state index in [0.29, 0.717) is 26.2 Å². The zero-order chi connectivity index (χ0) is 23.9. The molecule has 1 heterocycles. The van der Waals surface area contributed by atoms with Crippen molar-refractivity contribution in [2.24, 2.45) is 0 Å². The van der Waals surface area contributed by atoms with Crippen molar-refractivity contribution in [3.63, 3.8) is 0 Å². The average Bonchev–Trinajstić information content (AvgIpc) is 3.08. The maximum Gasteiger partial charge on any atom is 0.251 e. The van der Waals surface area contributed by atoms with Crippen molar-refractivity contribution in [1.29, 1.82) is 0 Å². The van der Waals surface area contributed by atoms with Crippen molar-refractivity contribution >= 4 is 18.5 Å². The molecule has 0 radical (unpaired) electrons. The van der Waals surface area contributed by atoms with Gasteiger partial charge in [0.05, 0.1) is 11.8 Å². The lowest BCUT2D eigenvalue weighted by atomic mass is 10.0. The third kappa shape index (κ3) is 11.3. The predicted octanol–water partition coefficient (Wildman–Crippen LogP) is 4.07. The molecule has 0 aliphatic rings. The molecule has 0 aliphatic carbocycles. The number of carbonyl (C=O) groups excluding carboxylic acids is 1.